The van der Waals surface area contributed by atoms with E-state index < -0.39 is 21.9 Å². The zero-order valence-corrected chi connectivity index (χ0v) is 23.9. The number of hydrogen-bond acceptors (Lipinski definition) is 5. The standard InChI is InChI=1S/C32H33FN4O3S/c1-22-10-12-26(13-11-22)29-19-24(20-31(36-29)35-23(2)25-7-4-3-5-8-25)21-34-32(38)30-9-6-18-37(30)41(39,40)28-16-14-27(33)15-17-28/h3-5,7-8,10-17,19-20,23,30H,6,9,18,21H2,1-2H3,(H,34,38)(H,35,36)/t23?,30-/m0/s1. The van der Waals surface area contributed by atoms with Crippen LogP contribution in [0, 0.1) is 12.7 Å². The summed E-state index contributed by atoms with van der Waals surface area (Å²) >= 11 is 0. The summed E-state index contributed by atoms with van der Waals surface area (Å²) in [5.41, 5.74) is 4.81. The van der Waals surface area contributed by atoms with Crippen molar-refractivity contribution in [2.24, 2.45) is 0 Å². The zero-order valence-electron chi connectivity index (χ0n) is 23.0. The number of pyridine rings is 1. The molecule has 1 amide bonds. The van der Waals surface area contributed by atoms with Crippen LogP contribution in [-0.4, -0.2) is 36.2 Å². The topological polar surface area (TPSA) is 91.4 Å². The molecule has 3 aromatic carbocycles. The summed E-state index contributed by atoms with van der Waals surface area (Å²) in [7, 11) is -3.94. The number of sulfonamides is 1. The Bertz CT molecular complexity index is 1610. The number of halogens is 1. The van der Waals surface area contributed by atoms with Crippen LogP contribution >= 0.6 is 0 Å². The van der Waals surface area contributed by atoms with E-state index in [4.69, 9.17) is 4.98 Å². The molecule has 2 N–H and O–H groups in total. The van der Waals surface area contributed by atoms with E-state index in [9.17, 15) is 17.6 Å². The Kier molecular flexibility index (Phi) is 8.46. The summed E-state index contributed by atoms with van der Waals surface area (Å²) in [6, 6.07) is 25.8. The molecule has 0 bridgehead atoms. The summed E-state index contributed by atoms with van der Waals surface area (Å²) < 4.78 is 41.1. The fraction of sp³-hybridized carbons (Fsp3) is 0.250. The highest BCUT2D eigenvalue weighted by Crippen LogP contribution is 2.28. The molecule has 4 aromatic rings. The minimum absolute atomic E-state index is 0.00289. The van der Waals surface area contributed by atoms with Gasteiger partial charge in [0.15, 0.2) is 0 Å². The second-order valence-electron chi connectivity index (χ2n) is 10.3. The first-order chi connectivity index (χ1) is 19.7. The number of amides is 1. The lowest BCUT2D eigenvalue weighted by Gasteiger charge is -2.23. The molecule has 0 aliphatic carbocycles. The van der Waals surface area contributed by atoms with Gasteiger partial charge in [-0.3, -0.25) is 4.79 Å². The molecule has 9 heteroatoms. The van der Waals surface area contributed by atoms with E-state index in [-0.39, 0.29) is 29.9 Å². The Balaban J connectivity index is 1.36. The first-order valence-corrected chi connectivity index (χ1v) is 15.1. The van der Waals surface area contributed by atoms with Gasteiger partial charge in [0.2, 0.25) is 15.9 Å². The maximum Gasteiger partial charge on any atom is 0.243 e. The molecule has 1 saturated heterocycles. The second kappa shape index (κ2) is 12.2. The van der Waals surface area contributed by atoms with Gasteiger partial charge >= 0.3 is 0 Å². The van der Waals surface area contributed by atoms with Gasteiger partial charge in [-0.25, -0.2) is 17.8 Å². The molecule has 41 heavy (non-hydrogen) atoms. The molecular weight excluding hydrogens is 539 g/mol. The van der Waals surface area contributed by atoms with Gasteiger partial charge < -0.3 is 10.6 Å². The van der Waals surface area contributed by atoms with Gasteiger partial charge in [0.05, 0.1) is 10.6 Å². The largest absolute Gasteiger partial charge is 0.364 e. The second-order valence-corrected chi connectivity index (χ2v) is 12.2. The van der Waals surface area contributed by atoms with Crippen LogP contribution in [0.25, 0.3) is 11.3 Å². The van der Waals surface area contributed by atoms with Gasteiger partial charge in [-0.05, 0) is 74.2 Å². The number of carbonyl (C=O) groups is 1. The number of anilines is 1. The Morgan fingerprint density at radius 1 is 1.02 bits per heavy atom. The number of nitrogens with zero attached hydrogens (tertiary/aromatic N) is 2. The molecule has 0 spiro atoms. The molecule has 212 valence electrons. The normalized spacial score (nSPS) is 16.3. The van der Waals surface area contributed by atoms with Crippen LogP contribution in [-0.2, 0) is 21.4 Å². The first-order valence-electron chi connectivity index (χ1n) is 13.7. The van der Waals surface area contributed by atoms with Crippen LogP contribution in [0.15, 0.2) is 95.9 Å². The number of hydrogen-bond donors (Lipinski definition) is 2. The maximum absolute atomic E-state index is 13.4. The van der Waals surface area contributed by atoms with Gasteiger partial charge in [0, 0.05) is 24.7 Å². The van der Waals surface area contributed by atoms with Crippen LogP contribution in [0.2, 0.25) is 0 Å². The number of aromatic nitrogens is 1. The Hall–Kier alpha value is -4.08. The summed E-state index contributed by atoms with van der Waals surface area (Å²) in [4.78, 5) is 18.1. The molecule has 2 atom stereocenters. The summed E-state index contributed by atoms with van der Waals surface area (Å²) in [6.07, 6.45) is 0.982. The van der Waals surface area contributed by atoms with Crippen molar-refractivity contribution < 1.29 is 17.6 Å². The van der Waals surface area contributed by atoms with Crippen molar-refractivity contribution in [3.8, 4) is 11.3 Å². The van der Waals surface area contributed by atoms with Crippen molar-refractivity contribution >= 4 is 21.7 Å². The highest BCUT2D eigenvalue weighted by Gasteiger charge is 2.39. The molecule has 1 fully saturated rings. The predicted octanol–water partition coefficient (Wildman–Crippen LogP) is 5.84. The van der Waals surface area contributed by atoms with Crippen molar-refractivity contribution in [3.63, 3.8) is 0 Å². The monoisotopic (exact) mass is 572 g/mol. The molecule has 1 unspecified atom stereocenters. The third kappa shape index (κ3) is 6.64. The third-order valence-electron chi connectivity index (χ3n) is 7.29. The van der Waals surface area contributed by atoms with Crippen LogP contribution in [0.5, 0.6) is 0 Å². The molecule has 1 aromatic heterocycles. The fourth-order valence-electron chi connectivity index (χ4n) is 5.02. The van der Waals surface area contributed by atoms with E-state index in [2.05, 4.69) is 29.7 Å². The highest BCUT2D eigenvalue weighted by molar-refractivity contribution is 7.89. The molecule has 7 nitrogen and oxygen atoms in total. The Morgan fingerprint density at radius 2 is 1.73 bits per heavy atom. The fourth-order valence-corrected chi connectivity index (χ4v) is 6.68. The van der Waals surface area contributed by atoms with Gasteiger partial charge in [0.25, 0.3) is 0 Å². The number of rotatable bonds is 9. The van der Waals surface area contributed by atoms with Gasteiger partial charge in [-0.1, -0.05) is 60.2 Å². The number of carbonyl (C=O) groups excluding carboxylic acids is 1. The summed E-state index contributed by atoms with van der Waals surface area (Å²) in [5, 5.41) is 6.42. The van der Waals surface area contributed by atoms with E-state index in [1.165, 1.54) is 16.4 Å². The van der Waals surface area contributed by atoms with E-state index >= 15 is 0 Å². The van der Waals surface area contributed by atoms with Crippen LogP contribution in [0.4, 0.5) is 10.2 Å². The molecule has 0 saturated carbocycles. The van der Waals surface area contributed by atoms with Crippen LogP contribution in [0.1, 0.15) is 42.5 Å². The maximum atomic E-state index is 13.4. The SMILES string of the molecule is Cc1ccc(-c2cc(CNC(=O)[C@@H]3CCCN3S(=O)(=O)c3ccc(F)cc3)cc(NC(C)c3ccccc3)n2)cc1. The average Bonchev–Trinajstić information content (AvgIpc) is 3.48. The summed E-state index contributed by atoms with van der Waals surface area (Å²) in [6.45, 7) is 4.53. The smallest absolute Gasteiger partial charge is 0.243 e. The van der Waals surface area contributed by atoms with Crippen LogP contribution < -0.4 is 10.6 Å². The van der Waals surface area contributed by atoms with Gasteiger partial charge in [0.1, 0.15) is 17.7 Å². The molecule has 0 radical (unpaired) electrons. The molecule has 5 rings (SSSR count). The third-order valence-corrected chi connectivity index (χ3v) is 9.21. The number of aryl methyl sites for hydroxylation is 1. The molecule has 1 aliphatic heterocycles. The number of nitrogens with one attached hydrogen (secondary N) is 2. The van der Waals surface area contributed by atoms with E-state index in [0.717, 1.165) is 40.1 Å². The molecule has 2 heterocycles. The quantitative estimate of drug-likeness (QED) is 0.263. The van der Waals surface area contributed by atoms with Crippen molar-refractivity contribution in [3.05, 3.63) is 114 Å². The van der Waals surface area contributed by atoms with Gasteiger partial charge in [-0.2, -0.15) is 4.31 Å². The zero-order chi connectivity index (χ0) is 29.0. The highest BCUT2D eigenvalue weighted by atomic mass is 32.2. The van der Waals surface area contributed by atoms with E-state index in [1.54, 1.807) is 0 Å². The Labute approximate surface area is 240 Å². The lowest BCUT2D eigenvalue weighted by molar-refractivity contribution is -0.124. The minimum atomic E-state index is -3.94. The minimum Gasteiger partial charge on any atom is -0.364 e. The van der Waals surface area contributed by atoms with E-state index in [0.29, 0.717) is 18.7 Å². The lowest BCUT2D eigenvalue weighted by atomic mass is 10.1. The Morgan fingerprint density at radius 3 is 2.44 bits per heavy atom. The average molecular weight is 573 g/mol. The van der Waals surface area contributed by atoms with Crippen molar-refractivity contribution in [1.82, 2.24) is 14.6 Å². The van der Waals surface area contributed by atoms with Crippen LogP contribution in [0.3, 0.4) is 0 Å². The van der Waals surface area contributed by atoms with Crippen molar-refractivity contribution in [2.45, 2.75) is 50.2 Å². The summed E-state index contributed by atoms with van der Waals surface area (Å²) in [5.74, 6) is -0.215. The molecule has 1 aliphatic rings. The van der Waals surface area contributed by atoms with Gasteiger partial charge in [-0.15, -0.1) is 0 Å². The predicted molar refractivity (Wildman–Crippen MR) is 158 cm³/mol. The lowest BCUT2D eigenvalue weighted by Crippen LogP contribution is -2.45. The van der Waals surface area contributed by atoms with Crippen molar-refractivity contribution in [2.75, 3.05) is 11.9 Å². The molecular formula is C32H33FN4O3S. The number of benzene rings is 3. The van der Waals surface area contributed by atoms with E-state index in [1.807, 2.05) is 61.5 Å². The van der Waals surface area contributed by atoms with Crippen molar-refractivity contribution in [1.29, 1.82) is 0 Å². The first kappa shape index (κ1) is 28.4.